The van der Waals surface area contributed by atoms with E-state index in [1.165, 1.54) is 0 Å². The highest BCUT2D eigenvalue weighted by Crippen LogP contribution is 2.35. The third kappa shape index (κ3) is 6.57. The fourth-order valence-corrected chi connectivity index (χ4v) is 5.28. The van der Waals surface area contributed by atoms with Crippen molar-refractivity contribution in [1.29, 1.82) is 0 Å². The van der Waals surface area contributed by atoms with Crippen molar-refractivity contribution >= 4 is 29.3 Å². The van der Waals surface area contributed by atoms with E-state index in [9.17, 15) is 14.4 Å². The summed E-state index contributed by atoms with van der Waals surface area (Å²) in [4.78, 5) is 43.2. The van der Waals surface area contributed by atoms with Crippen LogP contribution >= 0.6 is 11.6 Å². The van der Waals surface area contributed by atoms with E-state index in [1.54, 1.807) is 51.3 Å². The number of likely N-dealkylation sites (tertiary alicyclic amines) is 1. The molecule has 1 N–H and O–H groups in total. The molecule has 2 aliphatic heterocycles. The van der Waals surface area contributed by atoms with Crippen LogP contribution in [0.3, 0.4) is 0 Å². The molecule has 2 bridgehead atoms. The van der Waals surface area contributed by atoms with Gasteiger partial charge in [-0.2, -0.15) is 0 Å². The van der Waals surface area contributed by atoms with Crippen LogP contribution in [-0.4, -0.2) is 81.6 Å². The Morgan fingerprint density at radius 2 is 1.77 bits per heavy atom. The minimum absolute atomic E-state index is 0.00878. The lowest BCUT2D eigenvalue weighted by Gasteiger charge is -2.25. The third-order valence-corrected chi connectivity index (χ3v) is 7.50. The van der Waals surface area contributed by atoms with Gasteiger partial charge in [0.15, 0.2) is 0 Å². The zero-order valence-electron chi connectivity index (χ0n) is 21.5. The Kier molecular flexibility index (Phi) is 8.41. The Morgan fingerprint density at radius 1 is 1.00 bits per heavy atom. The number of ether oxygens (including phenoxy) is 1. The molecule has 3 aromatic rings. The molecule has 39 heavy (non-hydrogen) atoms. The Morgan fingerprint density at radius 3 is 2.56 bits per heavy atom. The summed E-state index contributed by atoms with van der Waals surface area (Å²) >= 11 is 6.00. The van der Waals surface area contributed by atoms with Crippen molar-refractivity contribution in [2.45, 2.75) is 25.3 Å². The van der Waals surface area contributed by atoms with Crippen LogP contribution in [0.4, 0.5) is 0 Å². The Balaban J connectivity index is 1.32. The van der Waals surface area contributed by atoms with Crippen molar-refractivity contribution in [3.05, 3.63) is 77.3 Å². The highest BCUT2D eigenvalue weighted by molar-refractivity contribution is 6.30. The zero-order valence-corrected chi connectivity index (χ0v) is 22.3. The average molecular weight is 551 g/mol. The van der Waals surface area contributed by atoms with E-state index >= 15 is 0 Å². The number of amides is 3. The van der Waals surface area contributed by atoms with Gasteiger partial charge in [0.25, 0.3) is 5.91 Å². The van der Waals surface area contributed by atoms with Crippen LogP contribution < -0.4 is 10.1 Å². The summed E-state index contributed by atoms with van der Waals surface area (Å²) < 4.78 is 7.78. The second-order valence-corrected chi connectivity index (χ2v) is 10.3. The maximum atomic E-state index is 13.4. The second kappa shape index (κ2) is 12.3. The van der Waals surface area contributed by atoms with Gasteiger partial charge < -0.3 is 24.4 Å². The largest absolute Gasteiger partial charge is 0.494 e. The summed E-state index contributed by atoms with van der Waals surface area (Å²) in [5.74, 6) is -0.192. The number of nitrogens with zero attached hydrogens (tertiary/aromatic N) is 5. The quantitative estimate of drug-likeness (QED) is 0.535. The summed E-state index contributed by atoms with van der Waals surface area (Å²) in [6.07, 6.45) is 4.13. The summed E-state index contributed by atoms with van der Waals surface area (Å²) in [6, 6.07) is 14.5. The van der Waals surface area contributed by atoms with Crippen LogP contribution in [0.25, 0.3) is 0 Å². The summed E-state index contributed by atoms with van der Waals surface area (Å²) in [6.45, 7) is 2.89. The average Bonchev–Trinajstić information content (AvgIpc) is 3.63. The first-order valence-corrected chi connectivity index (χ1v) is 13.5. The fourth-order valence-electron chi connectivity index (χ4n) is 5.16. The van der Waals surface area contributed by atoms with Crippen LogP contribution in [0.2, 0.25) is 5.02 Å². The van der Waals surface area contributed by atoms with Gasteiger partial charge in [-0.05, 0) is 48.4 Å². The second-order valence-electron chi connectivity index (χ2n) is 9.83. The molecule has 1 aromatic heterocycles. The first-order chi connectivity index (χ1) is 19.0. The molecule has 2 aliphatic rings. The van der Waals surface area contributed by atoms with Crippen molar-refractivity contribution in [2.24, 2.45) is 5.92 Å². The van der Waals surface area contributed by atoms with E-state index in [-0.39, 0.29) is 23.6 Å². The van der Waals surface area contributed by atoms with Gasteiger partial charge in [-0.3, -0.25) is 14.4 Å². The summed E-state index contributed by atoms with van der Waals surface area (Å²) in [5, 5.41) is 11.1. The number of aryl methyl sites for hydroxylation is 1. The lowest BCUT2D eigenvalue weighted by atomic mass is 9.88. The van der Waals surface area contributed by atoms with Crippen LogP contribution in [-0.2, 0) is 16.1 Å². The van der Waals surface area contributed by atoms with Gasteiger partial charge in [-0.15, -0.1) is 10.2 Å². The first kappa shape index (κ1) is 26.7. The highest BCUT2D eigenvalue weighted by Gasteiger charge is 2.40. The third-order valence-electron chi connectivity index (χ3n) is 7.25. The molecule has 0 unspecified atom stereocenters. The number of carbonyl (C=O) groups excluding carboxylic acids is 3. The number of nitrogens with one attached hydrogen (secondary N) is 1. The molecule has 0 spiro atoms. The standard InChI is InChI=1S/C28H31ClN6O4/c29-22-7-5-20(6-8-22)28(38)35-16-24-21-3-1-4-23(15-21)39-14-2-11-34(13-10-30-27(37)25(24)17-35)26(36)9-12-33-18-31-32-19-33/h1,3-8,15,18-19,24-25H,2,9-14,16-17H2,(H,30,37)/t24-,25+/m1/s1. The molecule has 0 aliphatic carbocycles. The number of fused-ring (bicyclic) bond motifs is 4. The molecule has 2 aromatic carbocycles. The van der Waals surface area contributed by atoms with Crippen molar-refractivity contribution in [2.75, 3.05) is 39.3 Å². The van der Waals surface area contributed by atoms with Gasteiger partial charge in [0.05, 0.1) is 12.5 Å². The van der Waals surface area contributed by atoms with Crippen molar-refractivity contribution in [1.82, 2.24) is 29.9 Å². The summed E-state index contributed by atoms with van der Waals surface area (Å²) in [5.41, 5.74) is 1.49. The molecule has 5 rings (SSSR count). The SMILES string of the molecule is O=C1NCCN(C(=O)CCn2cnnc2)CCCOc2cccc(c2)[C@H]2CN(C(=O)c3ccc(Cl)cc3)C[C@H]12. The molecule has 10 nitrogen and oxygen atoms in total. The first-order valence-electron chi connectivity index (χ1n) is 13.1. The van der Waals surface area contributed by atoms with Gasteiger partial charge in [0.2, 0.25) is 11.8 Å². The van der Waals surface area contributed by atoms with Gasteiger partial charge in [0, 0.05) is 62.2 Å². The number of halogens is 1. The van der Waals surface area contributed by atoms with Crippen LogP contribution in [0.5, 0.6) is 5.75 Å². The van der Waals surface area contributed by atoms with Gasteiger partial charge in [-0.1, -0.05) is 23.7 Å². The van der Waals surface area contributed by atoms with E-state index in [0.717, 1.165) is 5.56 Å². The van der Waals surface area contributed by atoms with Crippen molar-refractivity contribution < 1.29 is 19.1 Å². The van der Waals surface area contributed by atoms with Crippen LogP contribution in [0.15, 0.2) is 61.2 Å². The molecule has 0 saturated carbocycles. The number of carbonyl (C=O) groups is 3. The number of hydrogen-bond donors (Lipinski definition) is 1. The number of benzene rings is 2. The fraction of sp³-hybridized carbons (Fsp3) is 0.393. The number of aromatic nitrogens is 3. The zero-order chi connectivity index (χ0) is 27.2. The molecule has 3 heterocycles. The molecule has 1 saturated heterocycles. The lowest BCUT2D eigenvalue weighted by Crippen LogP contribution is -2.42. The Hall–Kier alpha value is -3.92. The molecule has 3 amide bonds. The van der Waals surface area contributed by atoms with E-state index in [2.05, 4.69) is 15.5 Å². The van der Waals surface area contributed by atoms with Gasteiger partial charge >= 0.3 is 0 Å². The molecular weight excluding hydrogens is 520 g/mol. The summed E-state index contributed by atoms with van der Waals surface area (Å²) in [7, 11) is 0. The van der Waals surface area contributed by atoms with E-state index in [1.807, 2.05) is 24.3 Å². The molecule has 204 valence electrons. The van der Waals surface area contributed by atoms with E-state index in [0.29, 0.717) is 75.1 Å². The van der Waals surface area contributed by atoms with Crippen molar-refractivity contribution in [3.8, 4) is 5.75 Å². The van der Waals surface area contributed by atoms with Gasteiger partial charge in [0.1, 0.15) is 18.4 Å². The number of rotatable bonds is 4. The predicted molar refractivity (Wildman–Crippen MR) is 144 cm³/mol. The Labute approximate surface area is 231 Å². The highest BCUT2D eigenvalue weighted by atomic mass is 35.5. The Bertz CT molecular complexity index is 1300. The van der Waals surface area contributed by atoms with Gasteiger partial charge in [-0.25, -0.2) is 0 Å². The lowest BCUT2D eigenvalue weighted by molar-refractivity contribution is -0.132. The van der Waals surface area contributed by atoms with Crippen LogP contribution in [0.1, 0.15) is 34.7 Å². The van der Waals surface area contributed by atoms with E-state index in [4.69, 9.17) is 16.3 Å². The molecular formula is C28H31ClN6O4. The monoisotopic (exact) mass is 550 g/mol. The molecule has 2 atom stereocenters. The molecule has 11 heteroatoms. The number of hydrogen-bond acceptors (Lipinski definition) is 6. The molecule has 0 radical (unpaired) electrons. The topological polar surface area (TPSA) is 110 Å². The van der Waals surface area contributed by atoms with Crippen LogP contribution in [0, 0.1) is 5.92 Å². The predicted octanol–water partition coefficient (Wildman–Crippen LogP) is 2.60. The smallest absolute Gasteiger partial charge is 0.253 e. The minimum atomic E-state index is -0.433. The maximum Gasteiger partial charge on any atom is 0.253 e. The van der Waals surface area contributed by atoms with E-state index < -0.39 is 5.92 Å². The minimum Gasteiger partial charge on any atom is -0.494 e. The van der Waals surface area contributed by atoms with Crippen molar-refractivity contribution in [3.63, 3.8) is 0 Å². The maximum absolute atomic E-state index is 13.4. The molecule has 1 fully saturated rings. The normalized spacial score (nSPS) is 20.0.